The van der Waals surface area contributed by atoms with Crippen molar-refractivity contribution in [3.63, 3.8) is 0 Å². The van der Waals surface area contributed by atoms with Crippen molar-refractivity contribution in [2.45, 2.75) is 46.5 Å². The first-order valence-corrected chi connectivity index (χ1v) is 7.95. The van der Waals surface area contributed by atoms with E-state index in [1.807, 2.05) is 6.92 Å². The molecular formula is C16H32IN3O2. The molecule has 1 fully saturated rings. The number of hydrogen-bond donors (Lipinski definition) is 2. The smallest absolute Gasteiger partial charge is 0.310 e. The van der Waals surface area contributed by atoms with Gasteiger partial charge in [0.05, 0.1) is 13.0 Å². The maximum atomic E-state index is 11.4. The highest BCUT2D eigenvalue weighted by Crippen LogP contribution is 2.45. The molecule has 0 amide bonds. The van der Waals surface area contributed by atoms with Gasteiger partial charge in [-0.2, -0.15) is 0 Å². The lowest BCUT2D eigenvalue weighted by molar-refractivity contribution is -0.144. The van der Waals surface area contributed by atoms with Crippen LogP contribution >= 0.6 is 24.0 Å². The van der Waals surface area contributed by atoms with E-state index in [0.29, 0.717) is 12.0 Å². The first-order valence-electron chi connectivity index (χ1n) is 7.95. The Balaban J connectivity index is 0.00000441. The van der Waals surface area contributed by atoms with Crippen molar-refractivity contribution >= 4 is 35.9 Å². The molecule has 0 aromatic heterocycles. The lowest BCUT2D eigenvalue weighted by Crippen LogP contribution is -2.48. The van der Waals surface area contributed by atoms with Gasteiger partial charge in [-0.3, -0.25) is 9.79 Å². The Kier molecular flexibility index (Phi) is 10.0. The number of guanidine groups is 1. The van der Waals surface area contributed by atoms with Crippen LogP contribution in [0.15, 0.2) is 4.99 Å². The Bertz CT molecular complexity index is 368. The van der Waals surface area contributed by atoms with Crippen molar-refractivity contribution in [3.8, 4) is 0 Å². The summed E-state index contributed by atoms with van der Waals surface area (Å²) in [7, 11) is 3.17. The van der Waals surface area contributed by atoms with Crippen molar-refractivity contribution in [3.05, 3.63) is 0 Å². The summed E-state index contributed by atoms with van der Waals surface area (Å²) in [5, 5.41) is 6.61. The highest BCUT2D eigenvalue weighted by Gasteiger charge is 2.37. The molecule has 6 heteroatoms. The third-order valence-corrected chi connectivity index (χ3v) is 4.29. The van der Waals surface area contributed by atoms with Gasteiger partial charge in [0.25, 0.3) is 0 Å². The van der Waals surface area contributed by atoms with Gasteiger partial charge in [-0.05, 0) is 30.6 Å². The minimum atomic E-state index is -0.201. The molecule has 0 saturated heterocycles. The van der Waals surface area contributed by atoms with Gasteiger partial charge in [0.1, 0.15) is 0 Å². The van der Waals surface area contributed by atoms with E-state index >= 15 is 0 Å². The van der Waals surface area contributed by atoms with Gasteiger partial charge in [-0.15, -0.1) is 24.0 Å². The van der Waals surface area contributed by atoms with Crippen molar-refractivity contribution < 1.29 is 9.53 Å². The summed E-state index contributed by atoms with van der Waals surface area (Å²) in [5.74, 6) is 1.11. The number of nitrogens with one attached hydrogen (secondary N) is 2. The lowest BCUT2D eigenvalue weighted by atomic mass is 9.64. The number of nitrogens with zero attached hydrogens (tertiary/aromatic N) is 1. The van der Waals surface area contributed by atoms with Gasteiger partial charge in [0, 0.05) is 20.1 Å². The van der Waals surface area contributed by atoms with E-state index < -0.39 is 0 Å². The van der Waals surface area contributed by atoms with E-state index in [9.17, 15) is 4.79 Å². The molecule has 1 aliphatic carbocycles. The van der Waals surface area contributed by atoms with E-state index in [1.165, 1.54) is 32.8 Å². The van der Waals surface area contributed by atoms with E-state index in [2.05, 4.69) is 29.5 Å². The molecule has 0 spiro atoms. The normalized spacial score (nSPS) is 18.0. The van der Waals surface area contributed by atoms with E-state index in [0.717, 1.165) is 18.4 Å². The predicted molar refractivity (Wildman–Crippen MR) is 102 cm³/mol. The Labute approximate surface area is 152 Å². The first-order chi connectivity index (χ1) is 9.92. The Morgan fingerprint density at radius 2 is 1.91 bits per heavy atom. The lowest BCUT2D eigenvalue weighted by Gasteiger charge is -2.43. The van der Waals surface area contributed by atoms with Crippen molar-refractivity contribution in [1.82, 2.24) is 10.6 Å². The molecule has 0 bridgehead atoms. The largest absolute Gasteiger partial charge is 0.469 e. The second-order valence-electron chi connectivity index (χ2n) is 6.68. The fraction of sp³-hybridized carbons (Fsp3) is 0.875. The van der Waals surface area contributed by atoms with Crippen LogP contribution in [0, 0.1) is 17.3 Å². The SMILES string of the molecule is CN=C(NCC(C)C(=O)OC)NCC1(CC(C)C)CCC1.I. The molecule has 1 aliphatic rings. The van der Waals surface area contributed by atoms with Crippen LogP contribution in [-0.2, 0) is 9.53 Å². The topological polar surface area (TPSA) is 62.7 Å². The molecule has 1 rings (SSSR count). The van der Waals surface area contributed by atoms with Gasteiger partial charge in [-0.25, -0.2) is 0 Å². The Hall–Kier alpha value is -0.530. The molecule has 0 aromatic carbocycles. The van der Waals surface area contributed by atoms with Gasteiger partial charge >= 0.3 is 5.97 Å². The second-order valence-corrected chi connectivity index (χ2v) is 6.68. The number of esters is 1. The number of carbonyl (C=O) groups excluding carboxylic acids is 1. The summed E-state index contributed by atoms with van der Waals surface area (Å²) >= 11 is 0. The maximum Gasteiger partial charge on any atom is 0.310 e. The van der Waals surface area contributed by atoms with Gasteiger partial charge in [0.15, 0.2) is 5.96 Å². The third-order valence-electron chi connectivity index (χ3n) is 4.29. The van der Waals surface area contributed by atoms with E-state index in [-0.39, 0.29) is 35.9 Å². The Morgan fingerprint density at radius 3 is 2.32 bits per heavy atom. The van der Waals surface area contributed by atoms with Crippen molar-refractivity contribution in [2.24, 2.45) is 22.2 Å². The number of carbonyl (C=O) groups is 1. The number of methoxy groups -OCH3 is 1. The van der Waals surface area contributed by atoms with Crippen LogP contribution in [0.3, 0.4) is 0 Å². The molecule has 0 aliphatic heterocycles. The molecule has 0 radical (unpaired) electrons. The summed E-state index contributed by atoms with van der Waals surface area (Å²) in [5.41, 5.74) is 0.430. The van der Waals surface area contributed by atoms with Crippen LogP contribution in [-0.4, -0.2) is 39.2 Å². The molecule has 0 aromatic rings. The minimum absolute atomic E-state index is 0. The Morgan fingerprint density at radius 1 is 1.27 bits per heavy atom. The van der Waals surface area contributed by atoms with Gasteiger partial charge in [0.2, 0.25) is 0 Å². The molecule has 1 unspecified atom stereocenters. The van der Waals surface area contributed by atoms with Crippen LogP contribution in [0.2, 0.25) is 0 Å². The van der Waals surface area contributed by atoms with Crippen molar-refractivity contribution in [1.29, 1.82) is 0 Å². The second kappa shape index (κ2) is 10.3. The molecule has 0 heterocycles. The average Bonchev–Trinajstić information content (AvgIpc) is 2.42. The maximum absolute atomic E-state index is 11.4. The van der Waals surface area contributed by atoms with Crippen LogP contribution in [0.25, 0.3) is 0 Å². The molecule has 130 valence electrons. The van der Waals surface area contributed by atoms with E-state index in [1.54, 1.807) is 7.05 Å². The zero-order valence-corrected chi connectivity index (χ0v) is 16.9. The highest BCUT2D eigenvalue weighted by atomic mass is 127. The monoisotopic (exact) mass is 425 g/mol. The van der Waals surface area contributed by atoms with Crippen LogP contribution in [0.4, 0.5) is 0 Å². The zero-order valence-electron chi connectivity index (χ0n) is 14.6. The summed E-state index contributed by atoms with van der Waals surface area (Å²) in [6.45, 7) is 7.90. The van der Waals surface area contributed by atoms with Gasteiger partial charge < -0.3 is 15.4 Å². The third kappa shape index (κ3) is 6.71. The van der Waals surface area contributed by atoms with Crippen LogP contribution in [0.1, 0.15) is 46.5 Å². The minimum Gasteiger partial charge on any atom is -0.469 e. The summed E-state index contributed by atoms with van der Waals surface area (Å²) in [4.78, 5) is 15.6. The number of ether oxygens (including phenoxy) is 1. The molecule has 5 nitrogen and oxygen atoms in total. The predicted octanol–water partition coefficient (Wildman–Crippen LogP) is 2.79. The summed E-state index contributed by atoms with van der Waals surface area (Å²) < 4.78 is 4.72. The molecular weight excluding hydrogens is 393 g/mol. The molecule has 1 saturated carbocycles. The van der Waals surface area contributed by atoms with Crippen LogP contribution in [0.5, 0.6) is 0 Å². The standard InChI is InChI=1S/C16H31N3O2.HI/c1-12(2)9-16(7-6-8-16)11-19-15(17-4)18-10-13(3)14(20)21-5;/h12-13H,6-11H2,1-5H3,(H2,17,18,19);1H. The fourth-order valence-corrected chi connectivity index (χ4v) is 3.02. The fourth-order valence-electron chi connectivity index (χ4n) is 3.02. The molecule has 22 heavy (non-hydrogen) atoms. The van der Waals surface area contributed by atoms with Crippen molar-refractivity contribution in [2.75, 3.05) is 27.2 Å². The first kappa shape index (κ1) is 21.5. The quantitative estimate of drug-likeness (QED) is 0.285. The number of rotatable bonds is 7. The summed E-state index contributed by atoms with van der Waals surface area (Å²) in [6.07, 6.45) is 5.19. The zero-order chi connectivity index (χ0) is 15.9. The van der Waals surface area contributed by atoms with E-state index in [4.69, 9.17) is 4.74 Å². The highest BCUT2D eigenvalue weighted by molar-refractivity contribution is 14.0. The average molecular weight is 425 g/mol. The molecule has 2 N–H and O–H groups in total. The number of halogens is 1. The summed E-state index contributed by atoms with van der Waals surface area (Å²) in [6, 6.07) is 0. The van der Waals surface area contributed by atoms with Gasteiger partial charge in [-0.1, -0.05) is 27.2 Å². The van der Waals surface area contributed by atoms with Crippen LogP contribution < -0.4 is 10.6 Å². The number of hydrogen-bond acceptors (Lipinski definition) is 3. The molecule has 1 atom stereocenters. The number of aliphatic imine (C=N–C) groups is 1.